The highest BCUT2D eigenvalue weighted by atomic mass is 19.4. The first-order chi connectivity index (χ1) is 15.5. The first-order valence-corrected chi connectivity index (χ1v) is 11.5. The minimum absolute atomic E-state index is 0.0817. The van der Waals surface area contributed by atoms with Crippen LogP contribution in [0.4, 0.5) is 19.0 Å². The summed E-state index contributed by atoms with van der Waals surface area (Å²) in [5, 5.41) is 12.0. The van der Waals surface area contributed by atoms with Gasteiger partial charge < -0.3 is 26.1 Å². The third kappa shape index (κ3) is 5.60. The van der Waals surface area contributed by atoms with Crippen LogP contribution in [0.1, 0.15) is 32.3 Å². The second-order valence-corrected chi connectivity index (χ2v) is 9.79. The lowest BCUT2D eigenvalue weighted by molar-refractivity contribution is -0.274. The molecule has 7 nitrogen and oxygen atoms in total. The predicted molar refractivity (Wildman–Crippen MR) is 121 cm³/mol. The Morgan fingerprint density at radius 1 is 1.24 bits per heavy atom. The molecule has 2 aliphatic carbocycles. The van der Waals surface area contributed by atoms with Crippen molar-refractivity contribution in [1.82, 2.24) is 20.1 Å². The molecule has 0 bridgehead atoms. The lowest BCUT2D eigenvalue weighted by atomic mass is 10.0. The molecule has 0 amide bonds. The molecule has 33 heavy (non-hydrogen) atoms. The zero-order valence-corrected chi connectivity index (χ0v) is 19.3. The molecule has 1 aromatic rings. The molecule has 0 spiro atoms. The Morgan fingerprint density at radius 3 is 2.45 bits per heavy atom. The maximum Gasteiger partial charge on any atom is 0.573 e. The number of nitrogen functional groups attached to an aromatic ring is 1. The van der Waals surface area contributed by atoms with Crippen molar-refractivity contribution >= 4 is 11.5 Å². The van der Waals surface area contributed by atoms with Gasteiger partial charge in [-0.05, 0) is 57.7 Å². The number of ether oxygens (including phenoxy) is 1. The van der Waals surface area contributed by atoms with E-state index in [4.69, 9.17) is 11.1 Å². The molecule has 10 heteroatoms. The monoisotopic (exact) mass is 466 g/mol. The largest absolute Gasteiger partial charge is 0.573 e. The molecule has 0 radical (unpaired) electrons. The Kier molecular flexibility index (Phi) is 6.59. The number of allylic oxidation sites excluding steroid dienone is 2. The van der Waals surface area contributed by atoms with Crippen LogP contribution in [-0.4, -0.2) is 72.2 Å². The van der Waals surface area contributed by atoms with Gasteiger partial charge in [-0.3, -0.25) is 4.90 Å². The number of halogens is 3. The molecule has 1 unspecified atom stereocenters. The molecule has 2 heterocycles. The molecular formula is C23H33F3N6O. The summed E-state index contributed by atoms with van der Waals surface area (Å²) in [6, 6.07) is 1.94. The Balaban J connectivity index is 1.45. The van der Waals surface area contributed by atoms with E-state index in [1.807, 2.05) is 13.8 Å². The van der Waals surface area contributed by atoms with Gasteiger partial charge in [-0.15, -0.1) is 13.2 Å². The zero-order chi connectivity index (χ0) is 23.9. The summed E-state index contributed by atoms with van der Waals surface area (Å²) in [6.07, 6.45) is 0.496. The van der Waals surface area contributed by atoms with Gasteiger partial charge in [0.15, 0.2) is 11.6 Å². The second-order valence-electron chi connectivity index (χ2n) is 9.79. The number of hydrogen-bond donors (Lipinski definition) is 3. The number of hydrogen-bond acceptors (Lipinski definition) is 7. The molecule has 4 atom stereocenters. The summed E-state index contributed by atoms with van der Waals surface area (Å²) in [7, 11) is 2.16. The highest BCUT2D eigenvalue weighted by Crippen LogP contribution is 2.61. The SMILES string of the molecule is CC(C)N/C(=C\C(=N)c1cnc(N)c(OC(F)(F)F)c1)[C@H]1[C@@H]2CC(N3CCN(C)CC3)C[C@@H]21. The lowest BCUT2D eigenvalue weighted by Gasteiger charge is -2.37. The van der Waals surface area contributed by atoms with Gasteiger partial charge in [0.05, 0.1) is 5.71 Å². The fourth-order valence-corrected chi connectivity index (χ4v) is 5.37. The van der Waals surface area contributed by atoms with Crippen LogP contribution in [0.2, 0.25) is 0 Å². The van der Waals surface area contributed by atoms with Crippen LogP contribution in [-0.2, 0) is 0 Å². The Hall–Kier alpha value is -2.33. The molecular weight excluding hydrogens is 433 g/mol. The third-order valence-electron chi connectivity index (χ3n) is 7.01. The number of nitrogens with two attached hydrogens (primary N) is 1. The van der Waals surface area contributed by atoms with E-state index in [0.717, 1.165) is 50.8 Å². The van der Waals surface area contributed by atoms with E-state index in [0.29, 0.717) is 23.8 Å². The molecule has 0 aromatic carbocycles. The summed E-state index contributed by atoms with van der Waals surface area (Å²) in [5.74, 6) is 0.598. The van der Waals surface area contributed by atoms with Crippen LogP contribution in [0.3, 0.4) is 0 Å². The quantitative estimate of drug-likeness (QED) is 0.535. The van der Waals surface area contributed by atoms with Gasteiger partial charge in [0.1, 0.15) is 0 Å². The standard InChI is InChI=1S/C23H33F3N6O/c1-13(2)30-19(11-18(27)14-8-20(22(28)29-12-14)33-23(24,25)26)21-16-9-15(10-17(16)21)32-6-4-31(3)5-7-32/h8,11-13,15-17,21,27,30H,4-7,9-10H2,1-3H3,(H2,28,29)/b19-11-,27-18?/t15?,16-,17+,21+. The van der Waals surface area contributed by atoms with E-state index in [1.54, 1.807) is 6.08 Å². The molecule has 2 saturated carbocycles. The van der Waals surface area contributed by atoms with E-state index in [9.17, 15) is 13.2 Å². The molecule has 4 N–H and O–H groups in total. The van der Waals surface area contributed by atoms with E-state index in [2.05, 4.69) is 31.9 Å². The number of anilines is 1. The molecule has 1 aliphatic heterocycles. The Morgan fingerprint density at radius 2 is 1.88 bits per heavy atom. The second kappa shape index (κ2) is 9.13. The Labute approximate surface area is 192 Å². The van der Waals surface area contributed by atoms with Crippen molar-refractivity contribution in [1.29, 1.82) is 5.41 Å². The van der Waals surface area contributed by atoms with Crippen LogP contribution < -0.4 is 15.8 Å². The summed E-state index contributed by atoms with van der Waals surface area (Å²) >= 11 is 0. The lowest BCUT2D eigenvalue weighted by Crippen LogP contribution is -2.48. The first-order valence-electron chi connectivity index (χ1n) is 11.5. The van der Waals surface area contributed by atoms with Crippen LogP contribution in [0, 0.1) is 23.2 Å². The van der Waals surface area contributed by atoms with Gasteiger partial charge in [0.25, 0.3) is 0 Å². The van der Waals surface area contributed by atoms with Gasteiger partial charge >= 0.3 is 6.36 Å². The highest BCUT2D eigenvalue weighted by molar-refractivity contribution is 6.07. The summed E-state index contributed by atoms with van der Waals surface area (Å²) < 4.78 is 41.9. The smallest absolute Gasteiger partial charge is 0.402 e. The van der Waals surface area contributed by atoms with Crippen molar-refractivity contribution in [2.24, 2.45) is 17.8 Å². The molecule has 182 valence electrons. The number of likely N-dealkylation sites (N-methyl/N-ethyl adjacent to an activating group) is 1. The van der Waals surface area contributed by atoms with Crippen molar-refractivity contribution < 1.29 is 17.9 Å². The van der Waals surface area contributed by atoms with Crippen molar-refractivity contribution in [2.75, 3.05) is 39.0 Å². The predicted octanol–water partition coefficient (Wildman–Crippen LogP) is 3.08. The van der Waals surface area contributed by atoms with Gasteiger partial charge in [-0.25, -0.2) is 4.98 Å². The molecule has 4 rings (SSSR count). The highest BCUT2D eigenvalue weighted by Gasteiger charge is 2.58. The van der Waals surface area contributed by atoms with E-state index in [-0.39, 0.29) is 23.1 Å². The molecule has 3 aliphatic rings. The molecule has 3 fully saturated rings. The summed E-state index contributed by atoms with van der Waals surface area (Å²) in [5.41, 5.74) is 6.82. The molecule has 1 saturated heterocycles. The summed E-state index contributed by atoms with van der Waals surface area (Å²) in [6.45, 7) is 8.56. The van der Waals surface area contributed by atoms with E-state index < -0.39 is 12.1 Å². The van der Waals surface area contributed by atoms with E-state index >= 15 is 0 Å². The number of alkyl halides is 3. The van der Waals surface area contributed by atoms with Crippen molar-refractivity contribution in [3.8, 4) is 5.75 Å². The molecule has 1 aromatic heterocycles. The van der Waals surface area contributed by atoms with Gasteiger partial charge in [0.2, 0.25) is 0 Å². The first kappa shape index (κ1) is 23.8. The van der Waals surface area contributed by atoms with E-state index in [1.165, 1.54) is 6.20 Å². The zero-order valence-electron chi connectivity index (χ0n) is 19.3. The number of piperazine rings is 1. The minimum atomic E-state index is -4.87. The maximum atomic E-state index is 12.7. The van der Waals surface area contributed by atoms with Crippen LogP contribution in [0.5, 0.6) is 5.75 Å². The van der Waals surface area contributed by atoms with Crippen molar-refractivity contribution in [3.05, 3.63) is 29.6 Å². The van der Waals surface area contributed by atoms with Gasteiger partial charge in [-0.1, -0.05) is 0 Å². The van der Waals surface area contributed by atoms with Crippen LogP contribution in [0.25, 0.3) is 0 Å². The van der Waals surface area contributed by atoms with Crippen molar-refractivity contribution in [3.63, 3.8) is 0 Å². The topological polar surface area (TPSA) is 90.5 Å². The van der Waals surface area contributed by atoms with Crippen LogP contribution in [0.15, 0.2) is 24.0 Å². The number of pyridine rings is 1. The number of rotatable bonds is 7. The number of aromatic nitrogens is 1. The normalized spacial score (nSPS) is 28.6. The Bertz CT molecular complexity index is 898. The number of nitrogens with zero attached hydrogens (tertiary/aromatic N) is 3. The average molecular weight is 467 g/mol. The fraction of sp³-hybridized carbons (Fsp3) is 0.652. The summed E-state index contributed by atoms with van der Waals surface area (Å²) in [4.78, 5) is 8.77. The number of nitrogens with one attached hydrogen (secondary N) is 2. The third-order valence-corrected chi connectivity index (χ3v) is 7.01. The van der Waals surface area contributed by atoms with Crippen LogP contribution >= 0.6 is 0 Å². The van der Waals surface area contributed by atoms with Gasteiger partial charge in [-0.2, -0.15) is 0 Å². The maximum absolute atomic E-state index is 12.7. The van der Waals surface area contributed by atoms with Gasteiger partial charge in [0, 0.05) is 61.6 Å². The average Bonchev–Trinajstić information content (AvgIpc) is 3.21. The number of fused-ring (bicyclic) bond motifs is 1. The minimum Gasteiger partial charge on any atom is -0.402 e. The fourth-order valence-electron chi connectivity index (χ4n) is 5.37. The van der Waals surface area contributed by atoms with Crippen molar-refractivity contribution in [2.45, 2.75) is 45.1 Å².